The van der Waals surface area contributed by atoms with Crippen LogP contribution in [0.3, 0.4) is 0 Å². The van der Waals surface area contributed by atoms with E-state index in [2.05, 4.69) is 20.3 Å². The number of para-hydroxylation sites is 1. The van der Waals surface area contributed by atoms with Crippen molar-refractivity contribution in [3.63, 3.8) is 0 Å². The highest BCUT2D eigenvalue weighted by molar-refractivity contribution is 7.17. The Hall–Kier alpha value is -3.46. The van der Waals surface area contributed by atoms with Crippen LogP contribution in [0, 0.1) is 0 Å². The number of carbonyl (C=O) groups is 2. The van der Waals surface area contributed by atoms with Crippen molar-refractivity contribution in [1.82, 2.24) is 20.3 Å². The van der Waals surface area contributed by atoms with Gasteiger partial charge in [-0.1, -0.05) is 18.2 Å². The van der Waals surface area contributed by atoms with Crippen molar-refractivity contribution < 1.29 is 14.3 Å². The lowest BCUT2D eigenvalue weighted by Crippen LogP contribution is -2.42. The van der Waals surface area contributed by atoms with Crippen LogP contribution in [-0.2, 0) is 27.4 Å². The van der Waals surface area contributed by atoms with Crippen LogP contribution >= 0.6 is 11.3 Å². The van der Waals surface area contributed by atoms with Gasteiger partial charge in [0.25, 0.3) is 5.56 Å². The molecule has 0 aliphatic heterocycles. The molecule has 0 fully saturated rings. The number of ether oxygens (including phenoxy) is 1. The zero-order valence-electron chi connectivity index (χ0n) is 15.5. The van der Waals surface area contributed by atoms with Gasteiger partial charge in [0.15, 0.2) is 0 Å². The second-order valence-electron chi connectivity index (χ2n) is 6.57. The van der Waals surface area contributed by atoms with Crippen molar-refractivity contribution in [3.05, 3.63) is 63.7 Å². The molecule has 1 aromatic carbocycles. The van der Waals surface area contributed by atoms with Gasteiger partial charge < -0.3 is 20.0 Å². The summed E-state index contributed by atoms with van der Waals surface area (Å²) in [6, 6.07) is 8.59. The normalized spacial score (nSPS) is 12.2. The molecule has 4 rings (SSSR count). The van der Waals surface area contributed by atoms with Crippen LogP contribution in [-0.4, -0.2) is 32.9 Å². The maximum absolute atomic E-state index is 12.6. The lowest BCUT2D eigenvalue weighted by atomic mass is 10.0. The zero-order valence-corrected chi connectivity index (χ0v) is 16.3. The summed E-state index contributed by atoms with van der Waals surface area (Å²) in [4.78, 5) is 46.3. The number of hydrogen-bond donors (Lipinski definition) is 3. The third-order valence-electron chi connectivity index (χ3n) is 4.48. The Morgan fingerprint density at radius 3 is 2.93 bits per heavy atom. The number of amides is 1. The van der Waals surface area contributed by atoms with Gasteiger partial charge in [-0.05, 0) is 23.1 Å². The van der Waals surface area contributed by atoms with E-state index in [-0.39, 0.29) is 30.3 Å². The van der Waals surface area contributed by atoms with E-state index in [1.54, 1.807) is 11.4 Å². The van der Waals surface area contributed by atoms with E-state index in [4.69, 9.17) is 4.74 Å². The van der Waals surface area contributed by atoms with Crippen LogP contribution in [0.4, 0.5) is 0 Å². The number of carbonyl (C=O) groups excluding carboxylic acids is 2. The molecule has 0 aliphatic carbocycles. The van der Waals surface area contributed by atoms with E-state index in [0.717, 1.165) is 16.5 Å². The van der Waals surface area contributed by atoms with Crippen molar-refractivity contribution >= 4 is 44.3 Å². The Morgan fingerprint density at radius 1 is 1.28 bits per heavy atom. The molecule has 0 bridgehead atoms. The van der Waals surface area contributed by atoms with Gasteiger partial charge in [-0.15, -0.1) is 11.3 Å². The highest BCUT2D eigenvalue weighted by atomic mass is 32.1. The predicted molar refractivity (Wildman–Crippen MR) is 110 cm³/mol. The average Bonchev–Trinajstić information content (AvgIpc) is 3.33. The molecule has 1 atom stereocenters. The minimum atomic E-state index is -0.858. The molecule has 3 N–H and O–H groups in total. The highest BCUT2D eigenvalue weighted by Crippen LogP contribution is 2.19. The van der Waals surface area contributed by atoms with Gasteiger partial charge in [0.05, 0.1) is 5.52 Å². The van der Waals surface area contributed by atoms with Gasteiger partial charge in [-0.25, -0.2) is 9.78 Å². The first kappa shape index (κ1) is 18.9. The Kier molecular flexibility index (Phi) is 5.13. The maximum atomic E-state index is 12.6. The van der Waals surface area contributed by atoms with E-state index in [1.165, 1.54) is 18.3 Å². The number of nitrogens with one attached hydrogen (secondary N) is 3. The van der Waals surface area contributed by atoms with Gasteiger partial charge in [-0.3, -0.25) is 9.59 Å². The Balaban J connectivity index is 1.50. The molecule has 148 valence electrons. The molecular weight excluding hydrogens is 392 g/mol. The number of thiophene rings is 1. The molecule has 3 aromatic heterocycles. The number of nitrogens with zero attached hydrogens (tertiary/aromatic N) is 1. The monoisotopic (exact) mass is 410 g/mol. The third kappa shape index (κ3) is 4.04. The van der Waals surface area contributed by atoms with Crippen molar-refractivity contribution in [1.29, 1.82) is 0 Å². The highest BCUT2D eigenvalue weighted by Gasteiger charge is 2.23. The number of esters is 1. The van der Waals surface area contributed by atoms with Crippen molar-refractivity contribution in [2.45, 2.75) is 26.0 Å². The summed E-state index contributed by atoms with van der Waals surface area (Å²) in [5.74, 6) is -0.681. The summed E-state index contributed by atoms with van der Waals surface area (Å²) >= 11 is 1.30. The van der Waals surface area contributed by atoms with E-state index in [1.807, 2.05) is 30.5 Å². The summed E-state index contributed by atoms with van der Waals surface area (Å²) in [6.07, 6.45) is 2.09. The molecule has 9 heteroatoms. The summed E-state index contributed by atoms with van der Waals surface area (Å²) in [5, 5.41) is 5.39. The largest absolute Gasteiger partial charge is 0.456 e. The van der Waals surface area contributed by atoms with Crippen LogP contribution in [0.5, 0.6) is 0 Å². The van der Waals surface area contributed by atoms with Gasteiger partial charge >= 0.3 is 5.97 Å². The minimum Gasteiger partial charge on any atom is -0.456 e. The Labute approximate surface area is 168 Å². The summed E-state index contributed by atoms with van der Waals surface area (Å²) in [5.41, 5.74) is 2.13. The molecule has 0 saturated heterocycles. The molecule has 8 nitrogen and oxygen atoms in total. The number of aromatic amines is 2. The Morgan fingerprint density at radius 2 is 2.10 bits per heavy atom. The minimum absolute atomic E-state index is 0.191. The number of rotatable bonds is 6. The fourth-order valence-electron chi connectivity index (χ4n) is 3.19. The topological polar surface area (TPSA) is 117 Å². The Bertz CT molecular complexity index is 1260. The lowest BCUT2D eigenvalue weighted by molar-refractivity contribution is -0.149. The van der Waals surface area contributed by atoms with Crippen LogP contribution in [0.2, 0.25) is 0 Å². The number of benzene rings is 1. The fraction of sp³-hybridized carbons (Fsp3) is 0.200. The van der Waals surface area contributed by atoms with Crippen LogP contribution in [0.1, 0.15) is 18.3 Å². The molecule has 0 unspecified atom stereocenters. The van der Waals surface area contributed by atoms with Crippen LogP contribution < -0.4 is 10.9 Å². The van der Waals surface area contributed by atoms with Crippen LogP contribution in [0.25, 0.3) is 21.1 Å². The van der Waals surface area contributed by atoms with E-state index in [9.17, 15) is 14.4 Å². The first-order chi connectivity index (χ1) is 14.0. The second kappa shape index (κ2) is 7.88. The molecule has 0 aliphatic rings. The molecule has 3 heterocycles. The van der Waals surface area contributed by atoms with Crippen molar-refractivity contribution in [3.8, 4) is 0 Å². The van der Waals surface area contributed by atoms with E-state index < -0.39 is 12.0 Å². The quantitative estimate of drug-likeness (QED) is 0.422. The number of H-pyrrole nitrogens is 2. The van der Waals surface area contributed by atoms with Gasteiger partial charge in [-0.2, -0.15) is 0 Å². The molecule has 0 spiro atoms. The van der Waals surface area contributed by atoms with E-state index in [0.29, 0.717) is 10.2 Å². The van der Waals surface area contributed by atoms with Crippen LogP contribution in [0.15, 0.2) is 46.7 Å². The van der Waals surface area contributed by atoms with E-state index >= 15 is 0 Å². The zero-order chi connectivity index (χ0) is 20.4. The first-order valence-corrected chi connectivity index (χ1v) is 9.84. The van der Waals surface area contributed by atoms with Gasteiger partial charge in [0, 0.05) is 30.4 Å². The predicted octanol–water partition coefficient (Wildman–Crippen LogP) is 2.26. The third-order valence-corrected chi connectivity index (χ3v) is 5.38. The number of hydrogen-bond acceptors (Lipinski definition) is 6. The SMILES string of the molecule is CC(=O)N[C@@H](Cc1c[nH]c2ccccc12)C(=O)OCc1nc2ccsc2c(=O)[nH]1. The molecule has 1 amide bonds. The first-order valence-electron chi connectivity index (χ1n) is 8.96. The van der Waals surface area contributed by atoms with Gasteiger partial charge in [0.1, 0.15) is 23.2 Å². The van der Waals surface area contributed by atoms with Gasteiger partial charge in [0.2, 0.25) is 5.91 Å². The molecule has 0 saturated carbocycles. The van der Waals surface area contributed by atoms with Crippen molar-refractivity contribution in [2.75, 3.05) is 0 Å². The smallest absolute Gasteiger partial charge is 0.329 e. The average molecular weight is 410 g/mol. The lowest BCUT2D eigenvalue weighted by Gasteiger charge is -2.16. The molecule has 4 aromatic rings. The maximum Gasteiger partial charge on any atom is 0.329 e. The summed E-state index contributed by atoms with van der Waals surface area (Å²) in [6.45, 7) is 1.16. The molecular formula is C20H18N4O4S. The standard InChI is InChI=1S/C20H18N4O4S/c1-11(25)22-16(8-12-9-21-14-5-3-2-4-13(12)14)20(27)28-10-17-23-15-6-7-29-18(15)19(26)24-17/h2-7,9,16,21H,8,10H2,1H3,(H,22,25)(H,23,24,26)/t16-/m0/s1. The summed E-state index contributed by atoms with van der Waals surface area (Å²) < 4.78 is 5.86. The molecule has 0 radical (unpaired) electrons. The fourth-order valence-corrected chi connectivity index (χ4v) is 3.91. The summed E-state index contributed by atoms with van der Waals surface area (Å²) in [7, 11) is 0. The van der Waals surface area contributed by atoms with Crippen molar-refractivity contribution in [2.24, 2.45) is 0 Å². The second-order valence-corrected chi connectivity index (χ2v) is 7.49. The number of aromatic nitrogens is 3. The number of fused-ring (bicyclic) bond motifs is 2. The molecule has 29 heavy (non-hydrogen) atoms.